The molecule has 0 aliphatic carbocycles. The van der Waals surface area contributed by atoms with Gasteiger partial charge in [0.2, 0.25) is 0 Å². The largest absolute Gasteiger partial charge is 0.121 e. The third-order valence-corrected chi connectivity index (χ3v) is 50.7. The third-order valence-electron chi connectivity index (χ3n) is 16.5. The Morgan fingerprint density at radius 1 is 0.176 bits per heavy atom. The van der Waals surface area contributed by atoms with Gasteiger partial charge >= 0.3 is 0 Å². The summed E-state index contributed by atoms with van der Waals surface area (Å²) >= 11 is 47.0. The summed E-state index contributed by atoms with van der Waals surface area (Å²) < 4.78 is 25.4. The van der Waals surface area contributed by atoms with Crippen LogP contribution in [0, 0.1) is 0 Å². The predicted octanol–water partition coefficient (Wildman–Crippen LogP) is 33.0. The Balaban J connectivity index is 0.842. The van der Waals surface area contributed by atoms with E-state index in [1.807, 2.05) is 282 Å². The first-order chi connectivity index (χ1) is 50.1. The van der Waals surface area contributed by atoms with Gasteiger partial charge < -0.3 is 0 Å². The fraction of sp³-hybridized carbons (Fsp3) is 0.154. The van der Waals surface area contributed by atoms with Gasteiger partial charge in [-0.1, -0.05) is 287 Å². The molecule has 0 fully saturated rings. The molecule has 17 rings (SSSR count). The molecule has 0 atom stereocenters. The molecular weight excluding hydrogens is 1710 g/mol. The summed E-state index contributed by atoms with van der Waals surface area (Å²) in [5.74, 6) is 5.23. The van der Waals surface area contributed by atoms with E-state index < -0.39 is 0 Å². The third kappa shape index (κ3) is 17.8. The normalized spacial score (nSPS) is 18.4. The summed E-state index contributed by atoms with van der Waals surface area (Å²) in [5.41, 5.74) is 22.8. The van der Waals surface area contributed by atoms with E-state index >= 15 is 0 Å². The van der Waals surface area contributed by atoms with Gasteiger partial charge in [-0.2, -0.15) is 0 Å². The predicted molar refractivity (Wildman–Crippen MR) is 509 cm³/mol. The maximum Gasteiger partial charge on any atom is 0.0717 e. The van der Waals surface area contributed by atoms with Crippen LogP contribution in [0.3, 0.4) is 0 Å². The summed E-state index contributed by atoms with van der Waals surface area (Å²) in [6.45, 7) is 0. The lowest BCUT2D eigenvalue weighted by molar-refractivity contribution is 1.40. The zero-order chi connectivity index (χ0) is 69.2. The first kappa shape index (κ1) is 75.8. The second kappa shape index (κ2) is 35.7. The summed E-state index contributed by atoms with van der Waals surface area (Å²) in [4.78, 5) is 0. The number of hydrogen-bond donors (Lipinski definition) is 0. The van der Waals surface area contributed by atoms with Crippen molar-refractivity contribution >= 4 is 282 Å². The molecule has 516 valence electrons. The molecule has 8 aromatic carbocycles. The second-order valence-corrected chi connectivity index (χ2v) is 50.9. The van der Waals surface area contributed by atoms with E-state index in [1.165, 1.54) is 176 Å². The molecule has 0 saturated heterocycles. The SMILES string of the molecule is CSC1=C(SC)SC(=C2SC3=C(SCc4cccc(c4)-c4cc5cc(c4)-c4cccc(c4)CSC4=C(SCc6cccc(c6)-c6cc(cc(c6)-c6cccc(c6)CSC6=C(SCc7cccc-5c7)SC(=C5SC(SC)=C(SC)S5)S6)-c5cccc(c5)CS3)SC(=C3SC(SC)=C(SC)S3)S4)S2)S1. The maximum atomic E-state index is 2.47. The zero-order valence-corrected chi connectivity index (χ0v) is 75.0. The van der Waals surface area contributed by atoms with Gasteiger partial charge in [0, 0.05) is 34.5 Å². The van der Waals surface area contributed by atoms with Crippen LogP contribution in [-0.2, 0) is 34.5 Å². The molecule has 24 heteroatoms. The molecule has 0 amide bonds. The molecule has 0 radical (unpaired) electrons. The first-order valence-corrected chi connectivity index (χ1v) is 54.9. The van der Waals surface area contributed by atoms with E-state index in [2.05, 4.69) is 220 Å². The molecule has 0 unspecified atom stereocenters. The molecule has 0 saturated carbocycles. The number of hydrogen-bond acceptors (Lipinski definition) is 24. The van der Waals surface area contributed by atoms with Crippen molar-refractivity contribution in [2.75, 3.05) is 37.5 Å². The molecule has 0 N–H and O–H groups in total. The average molecular weight is 1770 g/mol. The summed E-state index contributed by atoms with van der Waals surface area (Å²) in [6.07, 6.45) is 13.3. The van der Waals surface area contributed by atoms with E-state index in [1.54, 1.807) is 0 Å². The van der Waals surface area contributed by atoms with Crippen molar-refractivity contribution in [3.05, 3.63) is 292 Å². The Labute approximate surface area is 702 Å². The van der Waals surface area contributed by atoms with Crippen molar-refractivity contribution in [1.29, 1.82) is 0 Å². The molecular formula is C78H60S24. The molecule has 18 bridgehead atoms. The van der Waals surface area contributed by atoms with Crippen LogP contribution < -0.4 is 0 Å². The lowest BCUT2D eigenvalue weighted by Crippen LogP contribution is -1.90. The lowest BCUT2D eigenvalue weighted by Gasteiger charge is -2.15. The molecule has 0 spiro atoms. The summed E-state index contributed by atoms with van der Waals surface area (Å²) in [6, 6.07) is 71.3. The topological polar surface area (TPSA) is 0 Å². The van der Waals surface area contributed by atoms with Crippen LogP contribution in [0.25, 0.3) is 66.8 Å². The van der Waals surface area contributed by atoms with Crippen LogP contribution in [-0.4, -0.2) is 37.5 Å². The lowest BCUT2D eigenvalue weighted by atomic mass is 9.92. The second-order valence-electron chi connectivity index (χ2n) is 23.2. The quantitative estimate of drug-likeness (QED) is 0.155. The van der Waals surface area contributed by atoms with Gasteiger partial charge in [0.05, 0.1) is 76.3 Å². The van der Waals surface area contributed by atoms with E-state index in [4.69, 9.17) is 0 Å². The monoisotopic (exact) mass is 1760 g/mol. The van der Waals surface area contributed by atoms with Gasteiger partial charge in [0.25, 0.3) is 0 Å². The highest BCUT2D eigenvalue weighted by Crippen LogP contribution is 2.70. The van der Waals surface area contributed by atoms with Crippen LogP contribution in [0.15, 0.2) is 258 Å². The minimum Gasteiger partial charge on any atom is -0.121 e. The van der Waals surface area contributed by atoms with Crippen LogP contribution in [0.1, 0.15) is 33.4 Å². The minimum atomic E-state index is 0.872. The van der Waals surface area contributed by atoms with Crippen LogP contribution >= 0.6 is 282 Å². The Morgan fingerprint density at radius 2 is 0.333 bits per heavy atom. The molecule has 0 aromatic heterocycles. The van der Waals surface area contributed by atoms with Crippen molar-refractivity contribution in [3.8, 4) is 66.8 Å². The molecule has 102 heavy (non-hydrogen) atoms. The van der Waals surface area contributed by atoms with E-state index in [0.717, 1.165) is 34.5 Å². The molecule has 0 nitrogen and oxygen atoms in total. The molecule has 9 aliphatic rings. The Hall–Kier alpha value is -0.180. The van der Waals surface area contributed by atoms with E-state index in [9.17, 15) is 0 Å². The highest BCUT2D eigenvalue weighted by atomic mass is 32.3. The van der Waals surface area contributed by atoms with Gasteiger partial charge in [0.15, 0.2) is 0 Å². The number of thioether (sulfide) groups is 24. The Kier molecular flexibility index (Phi) is 26.5. The molecule has 8 aromatic rings. The van der Waals surface area contributed by atoms with Gasteiger partial charge in [-0.05, 0) is 174 Å². The Morgan fingerprint density at radius 3 is 0.490 bits per heavy atom. The van der Waals surface area contributed by atoms with Crippen molar-refractivity contribution < 1.29 is 0 Å². The maximum absolute atomic E-state index is 2.47. The Bertz CT molecular complexity index is 4180. The standard InChI is InChI=1S/C78H60S24/c1-79-61-62(80-2)92-73(91-61)76-97-67-68(98-76)86-38-44-14-8-20-50(26-44)56-32-58-36-60(34-56)54-24-12-18-48(30-54)42-90-72-71(101-78(102-72)75-95-65(83-5)66(84-6)96-75)89-41-47-17-11-23-53(29-47)59-33-55(49-19-7-13-43(25-49)37-85-67)31-57(35-59)51-21-9-15-45(27-51)39-87-69-70(88-40-46-16-10-22-52(58)28-46)100-77(99-69)74-93-63(81-3)64(82-4)94-74/h7-36H,37-42H2,1-6H3. The van der Waals surface area contributed by atoms with E-state index in [0.29, 0.717) is 0 Å². The highest BCUT2D eigenvalue weighted by molar-refractivity contribution is 8.47. The van der Waals surface area contributed by atoms with Crippen molar-refractivity contribution in [1.82, 2.24) is 0 Å². The summed E-state index contributed by atoms with van der Waals surface area (Å²) in [5, 5.41) is 0. The fourth-order valence-corrected chi connectivity index (χ4v) is 44.7. The van der Waals surface area contributed by atoms with Gasteiger partial charge in [-0.15, -0.1) is 141 Å². The van der Waals surface area contributed by atoms with Crippen LogP contribution in [0.5, 0.6) is 0 Å². The van der Waals surface area contributed by atoms with Crippen molar-refractivity contribution in [2.24, 2.45) is 0 Å². The first-order valence-electron chi connectivity index (χ1n) is 31.8. The average Bonchev–Trinajstić information content (AvgIpc) is 1.35. The minimum absolute atomic E-state index is 0.872. The molecule has 9 heterocycles. The van der Waals surface area contributed by atoms with Crippen LogP contribution in [0.2, 0.25) is 0 Å². The van der Waals surface area contributed by atoms with Crippen molar-refractivity contribution in [2.45, 2.75) is 34.5 Å². The smallest absolute Gasteiger partial charge is 0.0717 e. The van der Waals surface area contributed by atoms with Gasteiger partial charge in [-0.3, -0.25) is 0 Å². The van der Waals surface area contributed by atoms with Crippen molar-refractivity contribution in [3.63, 3.8) is 0 Å². The molecule has 9 aliphatic heterocycles. The van der Waals surface area contributed by atoms with E-state index in [-0.39, 0.29) is 0 Å². The number of benzene rings is 8. The van der Waals surface area contributed by atoms with Gasteiger partial charge in [-0.25, -0.2) is 0 Å². The summed E-state index contributed by atoms with van der Waals surface area (Å²) in [7, 11) is 0. The van der Waals surface area contributed by atoms with Gasteiger partial charge in [0.1, 0.15) is 0 Å². The zero-order valence-electron chi connectivity index (χ0n) is 55.4. The fourth-order valence-electron chi connectivity index (χ4n) is 11.6. The number of rotatable bonds is 6. The number of fused-ring (bicyclic) bond motifs is 6. The van der Waals surface area contributed by atoms with Crippen LogP contribution in [0.4, 0.5) is 0 Å². The highest BCUT2D eigenvalue weighted by Gasteiger charge is 2.34.